The van der Waals surface area contributed by atoms with Crippen LogP contribution in [0.5, 0.6) is 0 Å². The van der Waals surface area contributed by atoms with Crippen molar-refractivity contribution < 1.29 is 4.74 Å². The molecule has 0 amide bonds. The van der Waals surface area contributed by atoms with Gasteiger partial charge in [0.2, 0.25) is 0 Å². The fourth-order valence-electron chi connectivity index (χ4n) is 1.34. The van der Waals surface area contributed by atoms with Crippen LogP contribution in [0.25, 0.3) is 0 Å². The third-order valence-electron chi connectivity index (χ3n) is 2.20. The second-order valence-electron chi connectivity index (χ2n) is 3.45. The maximum Gasteiger partial charge on any atom is 0.0591 e. The van der Waals surface area contributed by atoms with Crippen LogP contribution < -0.4 is 5.32 Å². The number of likely N-dealkylation sites (N-methyl/N-ethyl adjacent to an activating group) is 1. The van der Waals surface area contributed by atoms with Gasteiger partial charge in [-0.2, -0.15) is 0 Å². The highest BCUT2D eigenvalue weighted by atomic mass is 79.9. The maximum atomic E-state index is 5.54. The normalized spacial score (nSPS) is 10.7. The molecule has 0 aliphatic heterocycles. The molecule has 0 bridgehead atoms. The SMILES string of the molecule is CCNCCOCCc1cc(Br)ccc1Br. The summed E-state index contributed by atoms with van der Waals surface area (Å²) >= 11 is 7.00. The lowest BCUT2D eigenvalue weighted by Crippen LogP contribution is -2.19. The van der Waals surface area contributed by atoms with Crippen molar-refractivity contribution in [2.45, 2.75) is 13.3 Å². The number of hydrogen-bond donors (Lipinski definition) is 1. The molecule has 1 rings (SSSR count). The smallest absolute Gasteiger partial charge is 0.0591 e. The zero-order valence-electron chi connectivity index (χ0n) is 9.43. The molecule has 1 aromatic carbocycles. The maximum absolute atomic E-state index is 5.54. The van der Waals surface area contributed by atoms with Crippen LogP contribution in [0.15, 0.2) is 27.1 Å². The molecule has 0 aliphatic carbocycles. The van der Waals surface area contributed by atoms with Gasteiger partial charge in [-0.05, 0) is 36.7 Å². The third kappa shape index (κ3) is 5.43. The average molecular weight is 351 g/mol. The Kier molecular flexibility index (Phi) is 7.28. The predicted molar refractivity (Wildman–Crippen MR) is 74.9 cm³/mol. The van der Waals surface area contributed by atoms with Gasteiger partial charge in [0.05, 0.1) is 13.2 Å². The van der Waals surface area contributed by atoms with Crippen LogP contribution in [-0.2, 0) is 11.2 Å². The highest BCUT2D eigenvalue weighted by Gasteiger charge is 2.00. The number of halogens is 2. The van der Waals surface area contributed by atoms with Gasteiger partial charge in [0.1, 0.15) is 0 Å². The second-order valence-corrected chi connectivity index (χ2v) is 5.22. The predicted octanol–water partition coefficient (Wildman–Crippen LogP) is 3.38. The van der Waals surface area contributed by atoms with Crippen molar-refractivity contribution in [3.63, 3.8) is 0 Å². The van der Waals surface area contributed by atoms with Crippen LogP contribution in [0.4, 0.5) is 0 Å². The first-order valence-electron chi connectivity index (χ1n) is 5.46. The van der Waals surface area contributed by atoms with Crippen molar-refractivity contribution in [1.29, 1.82) is 0 Å². The van der Waals surface area contributed by atoms with E-state index in [9.17, 15) is 0 Å². The number of ether oxygens (including phenoxy) is 1. The molecule has 0 atom stereocenters. The summed E-state index contributed by atoms with van der Waals surface area (Å²) in [6.07, 6.45) is 0.937. The summed E-state index contributed by atoms with van der Waals surface area (Å²) in [6.45, 7) is 5.56. The third-order valence-corrected chi connectivity index (χ3v) is 3.46. The first-order valence-corrected chi connectivity index (χ1v) is 7.05. The summed E-state index contributed by atoms with van der Waals surface area (Å²) in [5.74, 6) is 0. The number of rotatable bonds is 7. The van der Waals surface area contributed by atoms with Crippen LogP contribution in [0.3, 0.4) is 0 Å². The van der Waals surface area contributed by atoms with Crippen molar-refractivity contribution in [1.82, 2.24) is 5.32 Å². The van der Waals surface area contributed by atoms with Gasteiger partial charge in [0.25, 0.3) is 0 Å². The molecule has 0 unspecified atom stereocenters. The van der Waals surface area contributed by atoms with Crippen LogP contribution >= 0.6 is 31.9 Å². The minimum atomic E-state index is 0.764. The molecule has 16 heavy (non-hydrogen) atoms. The minimum Gasteiger partial charge on any atom is -0.380 e. The van der Waals surface area contributed by atoms with Crippen molar-refractivity contribution in [2.24, 2.45) is 0 Å². The van der Waals surface area contributed by atoms with Gasteiger partial charge in [-0.25, -0.2) is 0 Å². The lowest BCUT2D eigenvalue weighted by atomic mass is 10.2. The molecule has 0 saturated heterocycles. The fraction of sp³-hybridized carbons (Fsp3) is 0.500. The van der Waals surface area contributed by atoms with E-state index in [0.29, 0.717) is 0 Å². The molecule has 0 aliphatic rings. The summed E-state index contributed by atoms with van der Waals surface area (Å²) in [5, 5.41) is 3.23. The highest BCUT2D eigenvalue weighted by Crippen LogP contribution is 2.21. The van der Waals surface area contributed by atoms with E-state index in [2.05, 4.69) is 56.2 Å². The lowest BCUT2D eigenvalue weighted by molar-refractivity contribution is 0.139. The molecule has 0 radical (unpaired) electrons. The summed E-state index contributed by atoms with van der Waals surface area (Å²) in [5.41, 5.74) is 1.28. The van der Waals surface area contributed by atoms with Gasteiger partial charge in [-0.15, -0.1) is 0 Å². The Bertz CT molecular complexity index is 318. The summed E-state index contributed by atoms with van der Waals surface area (Å²) in [4.78, 5) is 0. The van der Waals surface area contributed by atoms with Crippen molar-refractivity contribution >= 4 is 31.9 Å². The van der Waals surface area contributed by atoms with Gasteiger partial charge in [-0.1, -0.05) is 38.8 Å². The van der Waals surface area contributed by atoms with Crippen LogP contribution in [0.2, 0.25) is 0 Å². The van der Waals surface area contributed by atoms with Crippen LogP contribution in [0.1, 0.15) is 12.5 Å². The summed E-state index contributed by atoms with van der Waals surface area (Å²) in [7, 11) is 0. The number of nitrogens with one attached hydrogen (secondary N) is 1. The lowest BCUT2D eigenvalue weighted by Gasteiger charge is -2.07. The molecule has 0 spiro atoms. The Hall–Kier alpha value is 0.1000. The largest absolute Gasteiger partial charge is 0.380 e. The van der Waals surface area contributed by atoms with Crippen LogP contribution in [-0.4, -0.2) is 26.3 Å². The van der Waals surface area contributed by atoms with Crippen LogP contribution in [0, 0.1) is 0 Å². The molecule has 1 N–H and O–H groups in total. The monoisotopic (exact) mass is 349 g/mol. The first kappa shape index (κ1) is 14.2. The zero-order chi connectivity index (χ0) is 11.8. The topological polar surface area (TPSA) is 21.3 Å². The van der Waals surface area contributed by atoms with Gasteiger partial charge in [0.15, 0.2) is 0 Å². The van der Waals surface area contributed by atoms with Gasteiger partial charge in [0, 0.05) is 15.5 Å². The molecular formula is C12H17Br2NO. The molecule has 2 nitrogen and oxygen atoms in total. The zero-order valence-corrected chi connectivity index (χ0v) is 12.6. The van der Waals surface area contributed by atoms with E-state index in [4.69, 9.17) is 4.74 Å². The van der Waals surface area contributed by atoms with E-state index in [0.717, 1.165) is 41.7 Å². The Balaban J connectivity index is 2.23. The first-order chi connectivity index (χ1) is 7.74. The molecular weight excluding hydrogens is 334 g/mol. The van der Waals surface area contributed by atoms with Crippen molar-refractivity contribution in [3.8, 4) is 0 Å². The molecule has 90 valence electrons. The number of benzene rings is 1. The van der Waals surface area contributed by atoms with E-state index in [1.165, 1.54) is 5.56 Å². The molecule has 0 fully saturated rings. The van der Waals surface area contributed by atoms with E-state index in [1.807, 2.05) is 6.07 Å². The second kappa shape index (κ2) is 8.23. The molecule has 0 heterocycles. The number of hydrogen-bond acceptors (Lipinski definition) is 2. The van der Waals surface area contributed by atoms with E-state index >= 15 is 0 Å². The highest BCUT2D eigenvalue weighted by molar-refractivity contribution is 9.11. The molecule has 1 aromatic rings. The molecule has 4 heteroatoms. The summed E-state index contributed by atoms with van der Waals surface area (Å²) < 4.78 is 7.79. The van der Waals surface area contributed by atoms with Crippen molar-refractivity contribution in [2.75, 3.05) is 26.3 Å². The van der Waals surface area contributed by atoms with E-state index in [1.54, 1.807) is 0 Å². The van der Waals surface area contributed by atoms with Gasteiger partial charge >= 0.3 is 0 Å². The Morgan fingerprint density at radius 2 is 2.06 bits per heavy atom. The Morgan fingerprint density at radius 1 is 1.25 bits per heavy atom. The minimum absolute atomic E-state index is 0.764. The Morgan fingerprint density at radius 3 is 2.81 bits per heavy atom. The van der Waals surface area contributed by atoms with Gasteiger partial charge < -0.3 is 10.1 Å². The quantitative estimate of drug-likeness (QED) is 0.761. The van der Waals surface area contributed by atoms with E-state index in [-0.39, 0.29) is 0 Å². The van der Waals surface area contributed by atoms with E-state index < -0.39 is 0 Å². The Labute approximate surface area is 114 Å². The fourth-order valence-corrected chi connectivity index (χ4v) is 2.19. The molecule has 0 aromatic heterocycles. The van der Waals surface area contributed by atoms with Crippen molar-refractivity contribution in [3.05, 3.63) is 32.7 Å². The average Bonchev–Trinajstić information content (AvgIpc) is 2.28. The summed E-state index contributed by atoms with van der Waals surface area (Å²) in [6, 6.07) is 6.20. The molecule has 0 saturated carbocycles. The standard InChI is InChI=1S/C12H17Br2NO/c1-2-15-6-8-16-7-5-10-9-11(13)3-4-12(10)14/h3-4,9,15H,2,5-8H2,1H3. The van der Waals surface area contributed by atoms with Gasteiger partial charge in [-0.3, -0.25) is 0 Å².